The van der Waals surface area contributed by atoms with Crippen LogP contribution in [0.1, 0.15) is 25.6 Å². The van der Waals surface area contributed by atoms with Crippen molar-refractivity contribution in [2.45, 2.75) is 26.1 Å². The van der Waals surface area contributed by atoms with Crippen molar-refractivity contribution in [3.63, 3.8) is 0 Å². The van der Waals surface area contributed by atoms with Crippen molar-refractivity contribution in [1.29, 1.82) is 0 Å². The molecule has 1 saturated heterocycles. The fourth-order valence-corrected chi connectivity index (χ4v) is 1.78. The number of hydrogen-bond acceptors (Lipinski definition) is 5. The molecule has 94 valence electrons. The maximum absolute atomic E-state index is 5.95. The molecular formula is C11H16ClN3O2. The molecule has 5 nitrogen and oxygen atoms in total. The molecule has 2 rings (SSSR count). The average Bonchev–Trinajstić information content (AvgIpc) is 2.28. The number of ether oxygens (including phenoxy) is 2. The summed E-state index contributed by atoms with van der Waals surface area (Å²) in [6.07, 6.45) is -0.0644. The van der Waals surface area contributed by atoms with Gasteiger partial charge in [0.2, 0.25) is 0 Å². The van der Waals surface area contributed by atoms with Crippen LogP contribution in [0.2, 0.25) is 5.15 Å². The van der Waals surface area contributed by atoms with E-state index in [2.05, 4.69) is 15.3 Å². The Balaban J connectivity index is 2.18. The van der Waals surface area contributed by atoms with E-state index >= 15 is 0 Å². The SMILES string of the molecule is CC(C)Oc1nc(Cl)cc(C2CNCCO2)n1. The molecule has 1 aliphatic rings. The molecule has 6 heteroatoms. The summed E-state index contributed by atoms with van der Waals surface area (Å²) in [4.78, 5) is 8.34. The van der Waals surface area contributed by atoms with Gasteiger partial charge in [0.05, 0.1) is 18.4 Å². The Morgan fingerprint density at radius 1 is 1.53 bits per heavy atom. The molecule has 0 spiro atoms. The first-order valence-electron chi connectivity index (χ1n) is 5.68. The lowest BCUT2D eigenvalue weighted by Gasteiger charge is -2.23. The molecular weight excluding hydrogens is 242 g/mol. The standard InChI is InChI=1S/C11H16ClN3O2/c1-7(2)17-11-14-8(5-10(12)15-11)9-6-13-3-4-16-9/h5,7,9,13H,3-4,6H2,1-2H3. The van der Waals surface area contributed by atoms with Gasteiger partial charge in [0.25, 0.3) is 0 Å². The van der Waals surface area contributed by atoms with Crippen LogP contribution in [-0.2, 0) is 4.74 Å². The molecule has 1 aliphatic heterocycles. The molecule has 1 unspecified atom stereocenters. The summed E-state index contributed by atoms with van der Waals surface area (Å²) in [5.74, 6) is 0. The zero-order chi connectivity index (χ0) is 12.3. The minimum atomic E-state index is -0.0845. The molecule has 2 heterocycles. The number of nitrogens with zero attached hydrogens (tertiary/aromatic N) is 2. The van der Waals surface area contributed by atoms with E-state index in [4.69, 9.17) is 21.1 Å². The molecule has 0 saturated carbocycles. The van der Waals surface area contributed by atoms with E-state index in [9.17, 15) is 0 Å². The zero-order valence-corrected chi connectivity index (χ0v) is 10.7. The van der Waals surface area contributed by atoms with Gasteiger partial charge in [-0.2, -0.15) is 9.97 Å². The van der Waals surface area contributed by atoms with E-state index < -0.39 is 0 Å². The molecule has 1 N–H and O–H groups in total. The zero-order valence-electron chi connectivity index (χ0n) is 9.94. The van der Waals surface area contributed by atoms with Crippen molar-refractivity contribution < 1.29 is 9.47 Å². The van der Waals surface area contributed by atoms with Gasteiger partial charge in [-0.15, -0.1) is 0 Å². The Hall–Kier alpha value is -0.910. The summed E-state index contributed by atoms with van der Waals surface area (Å²) in [5.41, 5.74) is 0.757. The average molecular weight is 258 g/mol. The molecule has 0 amide bonds. The molecule has 1 fully saturated rings. The third kappa shape index (κ3) is 3.52. The summed E-state index contributed by atoms with van der Waals surface area (Å²) in [6.45, 7) is 6.11. The maximum Gasteiger partial charge on any atom is 0.318 e. The minimum Gasteiger partial charge on any atom is -0.461 e. The Kier molecular flexibility index (Phi) is 4.15. The lowest BCUT2D eigenvalue weighted by molar-refractivity contribution is 0.0243. The largest absolute Gasteiger partial charge is 0.461 e. The molecule has 0 bridgehead atoms. The highest BCUT2D eigenvalue weighted by atomic mass is 35.5. The van der Waals surface area contributed by atoms with Crippen molar-refractivity contribution in [2.24, 2.45) is 0 Å². The lowest BCUT2D eigenvalue weighted by Crippen LogP contribution is -2.33. The van der Waals surface area contributed by atoms with Gasteiger partial charge in [-0.3, -0.25) is 0 Å². The van der Waals surface area contributed by atoms with Crippen LogP contribution in [-0.4, -0.2) is 35.8 Å². The fraction of sp³-hybridized carbons (Fsp3) is 0.636. The number of nitrogens with one attached hydrogen (secondary N) is 1. The van der Waals surface area contributed by atoms with Crippen molar-refractivity contribution in [1.82, 2.24) is 15.3 Å². The lowest BCUT2D eigenvalue weighted by atomic mass is 10.2. The number of morpholine rings is 1. The van der Waals surface area contributed by atoms with E-state index in [1.807, 2.05) is 13.8 Å². The van der Waals surface area contributed by atoms with Crippen LogP contribution in [0.5, 0.6) is 6.01 Å². The molecule has 0 aromatic carbocycles. The number of aromatic nitrogens is 2. The van der Waals surface area contributed by atoms with Gasteiger partial charge in [-0.25, -0.2) is 0 Å². The summed E-state index contributed by atoms with van der Waals surface area (Å²) < 4.78 is 11.1. The number of halogens is 1. The van der Waals surface area contributed by atoms with E-state index in [-0.39, 0.29) is 12.2 Å². The second-order valence-corrected chi connectivity index (χ2v) is 4.52. The van der Waals surface area contributed by atoms with Gasteiger partial charge >= 0.3 is 6.01 Å². The van der Waals surface area contributed by atoms with Crippen molar-refractivity contribution in [3.05, 3.63) is 16.9 Å². The number of rotatable bonds is 3. The summed E-state index contributed by atoms with van der Waals surface area (Å²) in [7, 11) is 0. The van der Waals surface area contributed by atoms with Crippen LogP contribution in [0.4, 0.5) is 0 Å². The minimum absolute atomic E-state index is 0.0201. The van der Waals surface area contributed by atoms with Crippen molar-refractivity contribution in [3.8, 4) is 6.01 Å². The predicted molar refractivity (Wildman–Crippen MR) is 64.4 cm³/mol. The molecule has 1 aromatic heterocycles. The van der Waals surface area contributed by atoms with Gasteiger partial charge in [0.15, 0.2) is 0 Å². The molecule has 17 heavy (non-hydrogen) atoms. The molecule has 1 aromatic rings. The van der Waals surface area contributed by atoms with Crippen LogP contribution >= 0.6 is 11.6 Å². The Labute approximate surface area is 105 Å². The van der Waals surface area contributed by atoms with Gasteiger partial charge in [-0.1, -0.05) is 11.6 Å². The third-order valence-electron chi connectivity index (χ3n) is 2.29. The van der Waals surface area contributed by atoms with Gasteiger partial charge in [-0.05, 0) is 13.8 Å². The van der Waals surface area contributed by atoms with Crippen LogP contribution in [0, 0.1) is 0 Å². The quantitative estimate of drug-likeness (QED) is 0.834. The first kappa shape index (κ1) is 12.5. The first-order chi connectivity index (χ1) is 8.15. The van der Waals surface area contributed by atoms with E-state index in [1.165, 1.54) is 0 Å². The molecule has 0 aliphatic carbocycles. The van der Waals surface area contributed by atoms with Crippen molar-refractivity contribution in [2.75, 3.05) is 19.7 Å². The number of hydrogen-bond donors (Lipinski definition) is 1. The first-order valence-corrected chi connectivity index (χ1v) is 6.06. The van der Waals surface area contributed by atoms with Crippen LogP contribution in [0.25, 0.3) is 0 Å². The van der Waals surface area contributed by atoms with Crippen LogP contribution in [0.3, 0.4) is 0 Å². The topological polar surface area (TPSA) is 56.3 Å². The Morgan fingerprint density at radius 2 is 2.35 bits per heavy atom. The Bertz CT molecular complexity index is 381. The highest BCUT2D eigenvalue weighted by Gasteiger charge is 2.19. The Morgan fingerprint density at radius 3 is 3.00 bits per heavy atom. The second-order valence-electron chi connectivity index (χ2n) is 4.13. The predicted octanol–water partition coefficient (Wildman–Crippen LogP) is 1.58. The fourth-order valence-electron chi connectivity index (χ4n) is 1.60. The highest BCUT2D eigenvalue weighted by molar-refractivity contribution is 6.29. The van der Waals surface area contributed by atoms with Crippen LogP contribution < -0.4 is 10.1 Å². The summed E-state index contributed by atoms with van der Waals surface area (Å²) in [5, 5.41) is 3.62. The van der Waals surface area contributed by atoms with Crippen molar-refractivity contribution >= 4 is 11.6 Å². The smallest absolute Gasteiger partial charge is 0.318 e. The third-order valence-corrected chi connectivity index (χ3v) is 2.49. The maximum atomic E-state index is 5.95. The van der Waals surface area contributed by atoms with E-state index in [0.717, 1.165) is 18.8 Å². The molecule has 1 atom stereocenters. The highest BCUT2D eigenvalue weighted by Crippen LogP contribution is 2.21. The summed E-state index contributed by atoms with van der Waals surface area (Å²) >= 11 is 5.95. The normalized spacial score (nSPS) is 20.6. The monoisotopic (exact) mass is 257 g/mol. The summed E-state index contributed by atoms with van der Waals surface area (Å²) in [6, 6.07) is 2.02. The van der Waals surface area contributed by atoms with Gasteiger partial charge in [0.1, 0.15) is 11.3 Å². The van der Waals surface area contributed by atoms with E-state index in [1.54, 1.807) is 6.07 Å². The van der Waals surface area contributed by atoms with Crippen LogP contribution in [0.15, 0.2) is 6.07 Å². The van der Waals surface area contributed by atoms with Gasteiger partial charge in [0, 0.05) is 19.2 Å². The van der Waals surface area contributed by atoms with Gasteiger partial charge < -0.3 is 14.8 Å². The second kappa shape index (κ2) is 5.62. The van der Waals surface area contributed by atoms with E-state index in [0.29, 0.717) is 17.8 Å². The molecule has 0 radical (unpaired) electrons.